The highest BCUT2D eigenvalue weighted by Crippen LogP contribution is 2.35. The molecule has 0 radical (unpaired) electrons. The molecule has 3 aromatic carbocycles. The van der Waals surface area contributed by atoms with Gasteiger partial charge in [0.1, 0.15) is 11.5 Å². The van der Waals surface area contributed by atoms with Gasteiger partial charge in [0.25, 0.3) is 5.56 Å². The summed E-state index contributed by atoms with van der Waals surface area (Å²) in [5, 5.41) is 9.29. The van der Waals surface area contributed by atoms with Crippen LogP contribution in [0.2, 0.25) is 0 Å². The molecule has 1 N–H and O–H groups in total. The van der Waals surface area contributed by atoms with Crippen molar-refractivity contribution >= 4 is 35.0 Å². The number of benzene rings is 3. The number of carbonyl (C=O) groups is 2. The van der Waals surface area contributed by atoms with Crippen molar-refractivity contribution in [3.63, 3.8) is 0 Å². The summed E-state index contributed by atoms with van der Waals surface area (Å²) in [6, 6.07) is 26.4. The number of rotatable bonds is 7. The number of nitrogens with zero attached hydrogens (tertiary/aromatic N) is 2. The number of aryl methyl sites for hydroxylation is 1. The van der Waals surface area contributed by atoms with E-state index in [0.29, 0.717) is 32.1 Å². The Bertz CT molecular complexity index is 2070. The molecule has 5 aromatic rings. The van der Waals surface area contributed by atoms with Gasteiger partial charge >= 0.3 is 11.9 Å². The Balaban J connectivity index is 1.52. The number of hydrogen-bond acceptors (Lipinski definition) is 7. The minimum Gasteiger partial charge on any atom is -0.478 e. The Morgan fingerprint density at radius 2 is 1.74 bits per heavy atom. The maximum absolute atomic E-state index is 14.0. The van der Waals surface area contributed by atoms with Gasteiger partial charge in [0, 0.05) is 17.2 Å². The summed E-state index contributed by atoms with van der Waals surface area (Å²) in [6.07, 6.45) is 1.66. The summed E-state index contributed by atoms with van der Waals surface area (Å²) in [7, 11) is 0. The molecule has 9 heteroatoms. The van der Waals surface area contributed by atoms with Crippen LogP contribution in [0.5, 0.6) is 0 Å². The molecule has 0 aliphatic carbocycles. The molecule has 3 heterocycles. The van der Waals surface area contributed by atoms with Crippen LogP contribution in [0.3, 0.4) is 0 Å². The maximum Gasteiger partial charge on any atom is 0.338 e. The molecular weight excluding hydrogens is 564 g/mol. The van der Waals surface area contributed by atoms with Crippen LogP contribution in [0.1, 0.15) is 45.8 Å². The minimum atomic E-state index is -1.000. The van der Waals surface area contributed by atoms with E-state index in [0.717, 1.165) is 22.3 Å². The quantitative estimate of drug-likeness (QED) is 0.261. The van der Waals surface area contributed by atoms with Crippen LogP contribution < -0.4 is 14.9 Å². The summed E-state index contributed by atoms with van der Waals surface area (Å²) in [5.41, 5.74) is 3.63. The van der Waals surface area contributed by atoms with E-state index in [1.54, 1.807) is 41.8 Å². The Morgan fingerprint density at radius 3 is 2.42 bits per heavy atom. The van der Waals surface area contributed by atoms with Crippen molar-refractivity contribution in [1.29, 1.82) is 0 Å². The fraction of sp³-hybridized carbons (Fsp3) is 0.118. The van der Waals surface area contributed by atoms with Gasteiger partial charge in [-0.05, 0) is 49.2 Å². The van der Waals surface area contributed by atoms with E-state index in [1.165, 1.54) is 17.4 Å². The van der Waals surface area contributed by atoms with Crippen molar-refractivity contribution in [2.75, 3.05) is 6.61 Å². The van der Waals surface area contributed by atoms with Gasteiger partial charge in [-0.15, -0.1) is 0 Å². The molecule has 1 aliphatic rings. The second-order valence-corrected chi connectivity index (χ2v) is 10.9. The Labute approximate surface area is 250 Å². The van der Waals surface area contributed by atoms with Crippen molar-refractivity contribution in [2.24, 2.45) is 4.99 Å². The third-order valence-electron chi connectivity index (χ3n) is 7.13. The summed E-state index contributed by atoms with van der Waals surface area (Å²) < 4.78 is 13.5. The summed E-state index contributed by atoms with van der Waals surface area (Å²) in [4.78, 5) is 44.1. The molecule has 0 saturated carbocycles. The largest absolute Gasteiger partial charge is 0.478 e. The number of ether oxygens (including phenoxy) is 1. The molecule has 6 rings (SSSR count). The van der Waals surface area contributed by atoms with Crippen LogP contribution in [0.25, 0.3) is 23.1 Å². The number of thiazole rings is 1. The molecule has 0 bridgehead atoms. The molecule has 43 heavy (non-hydrogen) atoms. The molecule has 1 aliphatic heterocycles. The van der Waals surface area contributed by atoms with Crippen molar-refractivity contribution in [3.05, 3.63) is 144 Å². The molecule has 0 fully saturated rings. The normalized spacial score (nSPS) is 14.7. The van der Waals surface area contributed by atoms with E-state index < -0.39 is 18.0 Å². The minimum absolute atomic E-state index is 0.176. The van der Waals surface area contributed by atoms with Crippen molar-refractivity contribution in [3.8, 4) is 11.3 Å². The number of furan rings is 1. The smallest absolute Gasteiger partial charge is 0.338 e. The zero-order chi connectivity index (χ0) is 30.1. The van der Waals surface area contributed by atoms with Gasteiger partial charge in [-0.3, -0.25) is 9.36 Å². The Kier molecular flexibility index (Phi) is 7.48. The summed E-state index contributed by atoms with van der Waals surface area (Å²) >= 11 is 1.21. The molecule has 2 aromatic heterocycles. The van der Waals surface area contributed by atoms with E-state index >= 15 is 0 Å². The van der Waals surface area contributed by atoms with Crippen molar-refractivity contribution in [2.45, 2.75) is 19.9 Å². The van der Waals surface area contributed by atoms with Crippen LogP contribution >= 0.6 is 11.3 Å². The summed E-state index contributed by atoms with van der Waals surface area (Å²) in [5.74, 6) is -0.536. The van der Waals surface area contributed by atoms with E-state index in [4.69, 9.17) is 14.1 Å². The molecule has 0 amide bonds. The highest BCUT2D eigenvalue weighted by atomic mass is 32.1. The molecule has 0 saturated heterocycles. The van der Waals surface area contributed by atoms with E-state index in [-0.39, 0.29) is 17.7 Å². The van der Waals surface area contributed by atoms with Gasteiger partial charge in [-0.25, -0.2) is 14.6 Å². The molecular formula is C34H26N2O6S. The third kappa shape index (κ3) is 5.26. The molecule has 1 atom stereocenters. The number of fused-ring (bicyclic) bond motifs is 1. The predicted octanol–water partition coefficient (Wildman–Crippen LogP) is 5.20. The lowest BCUT2D eigenvalue weighted by Crippen LogP contribution is -2.39. The lowest BCUT2D eigenvalue weighted by molar-refractivity contribution is -0.138. The molecule has 8 nitrogen and oxygen atoms in total. The maximum atomic E-state index is 14.0. The van der Waals surface area contributed by atoms with E-state index in [1.807, 2.05) is 67.6 Å². The second kappa shape index (κ2) is 11.5. The monoisotopic (exact) mass is 590 g/mol. The van der Waals surface area contributed by atoms with Crippen LogP contribution in [-0.4, -0.2) is 28.2 Å². The first-order chi connectivity index (χ1) is 20.9. The number of esters is 1. The number of aromatic carboxylic acids is 1. The molecule has 0 unspecified atom stereocenters. The Hall–Kier alpha value is -5.28. The fourth-order valence-electron chi connectivity index (χ4n) is 5.17. The topological polar surface area (TPSA) is 111 Å². The van der Waals surface area contributed by atoms with Crippen LogP contribution in [-0.2, 0) is 9.53 Å². The first-order valence-electron chi connectivity index (χ1n) is 13.6. The Morgan fingerprint density at radius 1 is 1.02 bits per heavy atom. The predicted molar refractivity (Wildman–Crippen MR) is 163 cm³/mol. The third-order valence-corrected chi connectivity index (χ3v) is 8.11. The number of carboxylic acids is 1. The standard InChI is InChI=1S/C34H26N2O6S/c1-3-41-33(40)28-29(21-10-6-4-7-11-21)35-34-36(30(28)22-12-8-5-9-13-22)31(37)27(43-34)19-24-15-17-26(42-24)25-16-14-23(32(38)39)18-20(25)2/h4-19,30H,3H2,1-2H3,(H,38,39)/b27-19-/t30-/m1/s1. The lowest BCUT2D eigenvalue weighted by Gasteiger charge is -2.25. The average Bonchev–Trinajstić information content (AvgIpc) is 3.61. The van der Waals surface area contributed by atoms with Crippen LogP contribution in [0.4, 0.5) is 0 Å². The zero-order valence-corrected chi connectivity index (χ0v) is 24.1. The van der Waals surface area contributed by atoms with E-state index in [9.17, 15) is 19.5 Å². The van der Waals surface area contributed by atoms with Crippen LogP contribution in [0.15, 0.2) is 111 Å². The highest BCUT2D eigenvalue weighted by Gasteiger charge is 2.35. The van der Waals surface area contributed by atoms with Crippen LogP contribution in [0, 0.1) is 6.92 Å². The lowest BCUT2D eigenvalue weighted by atomic mass is 9.93. The van der Waals surface area contributed by atoms with Gasteiger partial charge in [0.05, 0.1) is 34.0 Å². The van der Waals surface area contributed by atoms with Gasteiger partial charge < -0.3 is 14.3 Å². The van der Waals surface area contributed by atoms with E-state index in [2.05, 4.69) is 0 Å². The van der Waals surface area contributed by atoms with Crippen molar-refractivity contribution < 1.29 is 23.8 Å². The van der Waals surface area contributed by atoms with Gasteiger partial charge in [-0.2, -0.15) is 0 Å². The fourth-order valence-corrected chi connectivity index (χ4v) is 6.15. The van der Waals surface area contributed by atoms with Gasteiger partial charge in [0.2, 0.25) is 0 Å². The average molecular weight is 591 g/mol. The molecule has 0 spiro atoms. The highest BCUT2D eigenvalue weighted by molar-refractivity contribution is 7.07. The van der Waals surface area contributed by atoms with Crippen molar-refractivity contribution in [1.82, 2.24) is 4.57 Å². The SMILES string of the molecule is CCOC(=O)C1=C(c2ccccc2)N=c2s/c(=C\c3ccc(-c4ccc(C(=O)O)cc4C)o3)c(=O)n2[C@@H]1c1ccccc1. The van der Waals surface area contributed by atoms with Gasteiger partial charge in [0.15, 0.2) is 4.80 Å². The zero-order valence-electron chi connectivity index (χ0n) is 23.3. The van der Waals surface area contributed by atoms with Gasteiger partial charge in [-0.1, -0.05) is 78.1 Å². The summed E-state index contributed by atoms with van der Waals surface area (Å²) in [6.45, 7) is 3.74. The number of aromatic nitrogens is 1. The number of carboxylic acid groups (broad SMARTS) is 1. The molecule has 214 valence electrons. The second-order valence-electron chi connectivity index (χ2n) is 9.88. The number of carbonyl (C=O) groups excluding carboxylic acids is 1. The first-order valence-corrected chi connectivity index (χ1v) is 14.4. The number of hydrogen-bond donors (Lipinski definition) is 1. The first kappa shape index (κ1) is 27.9.